The molecule has 0 bridgehead atoms. The summed E-state index contributed by atoms with van der Waals surface area (Å²) in [4.78, 5) is 0. The van der Waals surface area contributed by atoms with Crippen LogP contribution in [0.25, 0.3) is 0 Å². The van der Waals surface area contributed by atoms with E-state index in [0.29, 0.717) is 25.2 Å². The van der Waals surface area contributed by atoms with Gasteiger partial charge >= 0.3 is 0 Å². The molecular weight excluding hydrogens is 341 g/mol. The van der Waals surface area contributed by atoms with E-state index in [1.54, 1.807) is 18.2 Å². The first-order chi connectivity index (χ1) is 9.49. The normalized spacial score (nSPS) is 12.3. The molecule has 0 fully saturated rings. The Labute approximate surface area is 136 Å². The number of nitrogens with two attached hydrogens (primary N) is 1. The highest BCUT2D eigenvalue weighted by atomic mass is 35.5. The van der Waals surface area contributed by atoms with Crippen LogP contribution in [0.15, 0.2) is 18.2 Å². The van der Waals surface area contributed by atoms with E-state index in [1.807, 2.05) is 0 Å². The van der Waals surface area contributed by atoms with E-state index in [4.69, 9.17) is 50.0 Å². The van der Waals surface area contributed by atoms with Gasteiger partial charge in [-0.25, -0.2) is 0 Å². The lowest BCUT2D eigenvalue weighted by molar-refractivity contribution is 0.390. The van der Waals surface area contributed by atoms with Crippen LogP contribution >= 0.6 is 46.1 Å². The van der Waals surface area contributed by atoms with Gasteiger partial charge in [-0.1, -0.05) is 34.8 Å². The van der Waals surface area contributed by atoms with Crippen LogP contribution in [-0.2, 0) is 0 Å². The Morgan fingerprint density at radius 3 is 2.30 bits per heavy atom. The molecule has 2 N–H and O–H groups in total. The highest BCUT2D eigenvalue weighted by Gasteiger charge is 2.22. The van der Waals surface area contributed by atoms with Gasteiger partial charge in [0, 0.05) is 11.1 Å². The SMILES string of the molecule is COc1ccc(C(N)c2cc(Cl)sc2Cl)c(OC)c1Cl. The fourth-order valence-corrected chi connectivity index (χ4v) is 3.77. The molecule has 0 aliphatic heterocycles. The molecule has 2 rings (SSSR count). The van der Waals surface area contributed by atoms with Crippen molar-refractivity contribution in [1.29, 1.82) is 0 Å². The second-order valence-electron chi connectivity index (χ2n) is 3.96. The first-order valence-corrected chi connectivity index (χ1v) is 7.55. The van der Waals surface area contributed by atoms with E-state index in [1.165, 1.54) is 25.6 Å². The zero-order valence-corrected chi connectivity index (χ0v) is 13.8. The number of hydrogen-bond acceptors (Lipinski definition) is 4. The van der Waals surface area contributed by atoms with Crippen molar-refractivity contribution in [3.8, 4) is 11.5 Å². The minimum Gasteiger partial charge on any atom is -0.495 e. The summed E-state index contributed by atoms with van der Waals surface area (Å²) in [5.74, 6) is 0.992. The van der Waals surface area contributed by atoms with Crippen LogP contribution in [0.4, 0.5) is 0 Å². The topological polar surface area (TPSA) is 44.5 Å². The fraction of sp³-hybridized carbons (Fsp3) is 0.231. The number of ether oxygens (including phenoxy) is 2. The number of halogens is 3. The molecule has 1 heterocycles. The second-order valence-corrected chi connectivity index (χ2v) is 6.63. The average molecular weight is 353 g/mol. The lowest BCUT2D eigenvalue weighted by Crippen LogP contribution is -2.13. The third-order valence-electron chi connectivity index (χ3n) is 2.87. The molecule has 1 aromatic heterocycles. The van der Waals surface area contributed by atoms with Crippen LogP contribution < -0.4 is 15.2 Å². The highest BCUT2D eigenvalue weighted by Crippen LogP contribution is 2.43. The van der Waals surface area contributed by atoms with Crippen molar-refractivity contribution in [1.82, 2.24) is 0 Å². The summed E-state index contributed by atoms with van der Waals surface area (Å²) in [5.41, 5.74) is 7.71. The Hall–Kier alpha value is -0.650. The number of benzene rings is 1. The van der Waals surface area contributed by atoms with E-state index >= 15 is 0 Å². The van der Waals surface area contributed by atoms with Gasteiger partial charge in [0.1, 0.15) is 16.5 Å². The quantitative estimate of drug-likeness (QED) is 0.861. The number of thiophene rings is 1. The molecule has 7 heteroatoms. The van der Waals surface area contributed by atoms with Crippen molar-refractivity contribution in [2.75, 3.05) is 14.2 Å². The van der Waals surface area contributed by atoms with Crippen molar-refractivity contribution in [3.05, 3.63) is 43.0 Å². The zero-order valence-electron chi connectivity index (χ0n) is 10.7. The van der Waals surface area contributed by atoms with Crippen molar-refractivity contribution in [2.24, 2.45) is 5.73 Å². The number of hydrogen-bond donors (Lipinski definition) is 1. The molecule has 0 aliphatic rings. The predicted molar refractivity (Wildman–Crippen MR) is 84.9 cm³/mol. The molecule has 3 nitrogen and oxygen atoms in total. The Morgan fingerprint density at radius 1 is 1.10 bits per heavy atom. The third kappa shape index (κ3) is 2.85. The first kappa shape index (κ1) is 15.7. The Balaban J connectivity index is 2.52. The second kappa shape index (κ2) is 6.41. The summed E-state index contributed by atoms with van der Waals surface area (Å²) in [6, 6.07) is 4.80. The monoisotopic (exact) mass is 351 g/mol. The van der Waals surface area contributed by atoms with Crippen LogP contribution in [0.5, 0.6) is 11.5 Å². The van der Waals surface area contributed by atoms with E-state index in [9.17, 15) is 0 Å². The maximum Gasteiger partial charge on any atom is 0.146 e. The summed E-state index contributed by atoms with van der Waals surface area (Å²) in [6.07, 6.45) is 0. The summed E-state index contributed by atoms with van der Waals surface area (Å²) in [5, 5.41) is 0.375. The van der Waals surface area contributed by atoms with E-state index < -0.39 is 6.04 Å². The van der Waals surface area contributed by atoms with Crippen LogP contribution in [0.2, 0.25) is 13.7 Å². The van der Waals surface area contributed by atoms with Gasteiger partial charge in [-0.15, -0.1) is 11.3 Å². The van der Waals surface area contributed by atoms with Gasteiger partial charge in [0.2, 0.25) is 0 Å². The molecule has 108 valence electrons. The van der Waals surface area contributed by atoms with Gasteiger partial charge in [0.05, 0.1) is 28.9 Å². The third-order valence-corrected chi connectivity index (χ3v) is 4.75. The molecule has 20 heavy (non-hydrogen) atoms. The molecule has 1 aromatic carbocycles. The van der Waals surface area contributed by atoms with Crippen LogP contribution in [0, 0.1) is 0 Å². The molecule has 0 radical (unpaired) electrons. The van der Waals surface area contributed by atoms with Gasteiger partial charge < -0.3 is 15.2 Å². The average Bonchev–Trinajstić information content (AvgIpc) is 2.76. The molecule has 0 spiro atoms. The fourth-order valence-electron chi connectivity index (χ4n) is 1.90. The predicted octanol–water partition coefficient (Wildman–Crippen LogP) is 4.77. The zero-order chi connectivity index (χ0) is 14.9. The largest absolute Gasteiger partial charge is 0.495 e. The summed E-state index contributed by atoms with van der Waals surface area (Å²) in [6.45, 7) is 0. The maximum absolute atomic E-state index is 6.25. The van der Waals surface area contributed by atoms with Gasteiger partial charge in [0.15, 0.2) is 0 Å². The van der Waals surface area contributed by atoms with E-state index in [2.05, 4.69) is 0 Å². The minimum atomic E-state index is -0.482. The van der Waals surface area contributed by atoms with Crippen LogP contribution in [-0.4, -0.2) is 14.2 Å². The maximum atomic E-state index is 6.25. The molecule has 0 aliphatic carbocycles. The van der Waals surface area contributed by atoms with Crippen LogP contribution in [0.3, 0.4) is 0 Å². The van der Waals surface area contributed by atoms with Crippen LogP contribution in [0.1, 0.15) is 17.2 Å². The van der Waals surface area contributed by atoms with Crippen molar-refractivity contribution >= 4 is 46.1 Å². The molecule has 0 amide bonds. The van der Waals surface area contributed by atoms with Crippen molar-refractivity contribution < 1.29 is 9.47 Å². The summed E-state index contributed by atoms with van der Waals surface area (Å²) >= 11 is 19.6. The van der Waals surface area contributed by atoms with Gasteiger partial charge in [-0.05, 0) is 18.2 Å². The minimum absolute atomic E-state index is 0.375. The van der Waals surface area contributed by atoms with E-state index in [-0.39, 0.29) is 0 Å². The molecule has 1 atom stereocenters. The Morgan fingerprint density at radius 2 is 1.80 bits per heavy atom. The first-order valence-electron chi connectivity index (χ1n) is 5.60. The lowest BCUT2D eigenvalue weighted by atomic mass is 10.0. The molecule has 2 aromatic rings. The number of rotatable bonds is 4. The Bertz CT molecular complexity index is 630. The van der Waals surface area contributed by atoms with E-state index in [0.717, 1.165) is 11.1 Å². The molecule has 1 unspecified atom stereocenters. The van der Waals surface area contributed by atoms with Crippen molar-refractivity contribution in [2.45, 2.75) is 6.04 Å². The van der Waals surface area contributed by atoms with Crippen molar-refractivity contribution in [3.63, 3.8) is 0 Å². The van der Waals surface area contributed by atoms with Gasteiger partial charge in [-0.2, -0.15) is 0 Å². The summed E-state index contributed by atoms with van der Waals surface area (Å²) in [7, 11) is 3.06. The molecule has 0 saturated carbocycles. The molecular formula is C13H12Cl3NO2S. The summed E-state index contributed by atoms with van der Waals surface area (Å²) < 4.78 is 11.6. The smallest absolute Gasteiger partial charge is 0.146 e. The molecule has 0 saturated heterocycles. The van der Waals surface area contributed by atoms with Gasteiger partial charge in [-0.3, -0.25) is 0 Å². The number of methoxy groups -OCH3 is 2. The highest BCUT2D eigenvalue weighted by molar-refractivity contribution is 7.20. The lowest BCUT2D eigenvalue weighted by Gasteiger charge is -2.18. The standard InChI is InChI=1S/C13H12Cl3NO2S/c1-18-8-4-3-6(12(19-2)10(8)15)11(17)7-5-9(14)20-13(7)16/h3-5,11H,17H2,1-2H3. The Kier molecular flexibility index (Phi) is 5.04. The van der Waals surface area contributed by atoms with Gasteiger partial charge in [0.25, 0.3) is 0 Å².